The standard InChI is InChI=1S/C32H28ClN3O10S/c1-5-43-25-13-18(7-11-24(25)45-16-27(37)42-4)29-28(31(39)44-6-2)17(3)34-32-35(29)30(38)26(47-32)15-20-9-12-23(46-20)21-10-8-19(33)14-22(21)36(40)41/h7-15,29H,5-6,16H2,1-4H3/b26-15+/t29-/m0/s1. The molecule has 4 aromatic rings. The number of aromatic nitrogens is 1. The predicted octanol–water partition coefficient (Wildman–Crippen LogP) is 4.57. The van der Waals surface area contributed by atoms with Crippen LogP contribution in [-0.2, 0) is 19.1 Å². The maximum absolute atomic E-state index is 14.0. The van der Waals surface area contributed by atoms with Crippen LogP contribution in [0.5, 0.6) is 11.5 Å². The van der Waals surface area contributed by atoms with E-state index in [-0.39, 0.29) is 69.2 Å². The van der Waals surface area contributed by atoms with Gasteiger partial charge in [0.25, 0.3) is 11.2 Å². The van der Waals surface area contributed by atoms with Gasteiger partial charge in [0.1, 0.15) is 11.5 Å². The average Bonchev–Trinajstić information content (AvgIpc) is 3.63. The SMILES string of the molecule is CCOC(=O)C1=C(C)N=c2s/c(=C/c3ccc(-c4ccc(Cl)cc4[N+](=O)[O-])o3)c(=O)n2[C@H]1c1ccc(OCC(=O)OC)c(OCC)c1. The van der Waals surface area contributed by atoms with Crippen molar-refractivity contribution in [3.05, 3.63) is 106 Å². The molecule has 1 atom stereocenters. The van der Waals surface area contributed by atoms with E-state index in [4.69, 9.17) is 30.2 Å². The molecule has 0 amide bonds. The molecule has 3 heterocycles. The van der Waals surface area contributed by atoms with Crippen LogP contribution < -0.4 is 24.4 Å². The second-order valence-corrected chi connectivity index (χ2v) is 11.4. The molecule has 0 bridgehead atoms. The Labute approximate surface area is 276 Å². The van der Waals surface area contributed by atoms with Gasteiger partial charge in [-0.1, -0.05) is 29.0 Å². The fourth-order valence-corrected chi connectivity index (χ4v) is 6.15. The van der Waals surface area contributed by atoms with E-state index in [0.717, 1.165) is 11.3 Å². The van der Waals surface area contributed by atoms with Crippen LogP contribution in [0, 0.1) is 10.1 Å². The first-order valence-electron chi connectivity index (χ1n) is 14.3. The van der Waals surface area contributed by atoms with Gasteiger partial charge in [-0.05, 0) is 62.7 Å². The molecule has 5 rings (SSSR count). The first kappa shape index (κ1) is 33.2. The third-order valence-electron chi connectivity index (χ3n) is 7.00. The number of furan rings is 1. The summed E-state index contributed by atoms with van der Waals surface area (Å²) in [7, 11) is 1.25. The maximum Gasteiger partial charge on any atom is 0.343 e. The fraction of sp³-hybridized carbons (Fsp3) is 0.250. The molecular weight excluding hydrogens is 654 g/mol. The van der Waals surface area contributed by atoms with Crippen LogP contribution in [0.3, 0.4) is 0 Å². The summed E-state index contributed by atoms with van der Waals surface area (Å²) in [5.74, 6) is -0.199. The molecule has 2 aromatic heterocycles. The zero-order valence-electron chi connectivity index (χ0n) is 25.6. The largest absolute Gasteiger partial charge is 0.490 e. The number of fused-ring (bicyclic) bond motifs is 1. The van der Waals surface area contributed by atoms with E-state index in [0.29, 0.717) is 16.1 Å². The molecule has 0 saturated heterocycles. The summed E-state index contributed by atoms with van der Waals surface area (Å²) in [6, 6.07) is 11.3. The number of methoxy groups -OCH3 is 1. The number of thiazole rings is 1. The number of rotatable bonds is 11. The number of carbonyl (C=O) groups excluding carboxylic acids is 2. The third kappa shape index (κ3) is 6.83. The van der Waals surface area contributed by atoms with Crippen molar-refractivity contribution in [3.8, 4) is 22.8 Å². The van der Waals surface area contributed by atoms with Crippen LogP contribution in [0.2, 0.25) is 5.02 Å². The highest BCUT2D eigenvalue weighted by atomic mass is 35.5. The van der Waals surface area contributed by atoms with E-state index in [9.17, 15) is 24.5 Å². The summed E-state index contributed by atoms with van der Waals surface area (Å²) in [6.07, 6.45) is 1.50. The lowest BCUT2D eigenvalue weighted by Gasteiger charge is -2.25. The molecule has 0 fully saturated rings. The normalized spacial score (nSPS) is 14.3. The van der Waals surface area contributed by atoms with Crippen molar-refractivity contribution in [2.45, 2.75) is 26.8 Å². The quantitative estimate of drug-likeness (QED) is 0.125. The Morgan fingerprint density at radius 1 is 1.11 bits per heavy atom. The number of ether oxygens (including phenoxy) is 4. The van der Waals surface area contributed by atoms with Crippen LogP contribution >= 0.6 is 22.9 Å². The molecule has 0 saturated carbocycles. The van der Waals surface area contributed by atoms with Crippen molar-refractivity contribution in [2.24, 2.45) is 4.99 Å². The molecule has 0 radical (unpaired) electrons. The third-order valence-corrected chi connectivity index (χ3v) is 8.21. The maximum atomic E-state index is 14.0. The van der Waals surface area contributed by atoms with E-state index < -0.39 is 28.5 Å². The predicted molar refractivity (Wildman–Crippen MR) is 171 cm³/mol. The molecular formula is C32H28ClN3O10S. The number of carbonyl (C=O) groups is 2. The summed E-state index contributed by atoms with van der Waals surface area (Å²) in [5.41, 5.74) is 0.547. The molecule has 13 nitrogen and oxygen atoms in total. The lowest BCUT2D eigenvalue weighted by atomic mass is 9.95. The number of hydrogen-bond donors (Lipinski definition) is 0. The van der Waals surface area contributed by atoms with Crippen molar-refractivity contribution in [3.63, 3.8) is 0 Å². The van der Waals surface area contributed by atoms with Crippen molar-refractivity contribution in [2.75, 3.05) is 26.9 Å². The molecule has 0 aliphatic carbocycles. The monoisotopic (exact) mass is 681 g/mol. The zero-order valence-corrected chi connectivity index (χ0v) is 27.2. The number of nitro groups is 1. The lowest BCUT2D eigenvalue weighted by molar-refractivity contribution is -0.384. The summed E-state index contributed by atoms with van der Waals surface area (Å²) in [4.78, 5) is 55.0. The van der Waals surface area contributed by atoms with Crippen LogP contribution in [-0.4, -0.2) is 48.4 Å². The second kappa shape index (κ2) is 14.1. The van der Waals surface area contributed by atoms with Gasteiger partial charge in [-0.25, -0.2) is 14.6 Å². The van der Waals surface area contributed by atoms with Gasteiger partial charge in [0.15, 0.2) is 22.9 Å². The van der Waals surface area contributed by atoms with Crippen molar-refractivity contribution < 1.29 is 37.9 Å². The number of benzene rings is 2. The lowest BCUT2D eigenvalue weighted by Crippen LogP contribution is -2.40. The van der Waals surface area contributed by atoms with Gasteiger partial charge in [0.2, 0.25) is 0 Å². The van der Waals surface area contributed by atoms with Crippen molar-refractivity contribution in [1.82, 2.24) is 4.57 Å². The Morgan fingerprint density at radius 2 is 1.89 bits per heavy atom. The first-order chi connectivity index (χ1) is 22.6. The summed E-state index contributed by atoms with van der Waals surface area (Å²) in [5, 5.41) is 11.8. The second-order valence-electron chi connectivity index (χ2n) is 9.93. The van der Waals surface area contributed by atoms with Crippen LogP contribution in [0.1, 0.15) is 38.1 Å². The number of halogens is 1. The van der Waals surface area contributed by atoms with Gasteiger partial charge in [-0.3, -0.25) is 19.5 Å². The fourth-order valence-electron chi connectivity index (χ4n) is 4.95. The highest BCUT2D eigenvalue weighted by molar-refractivity contribution is 7.07. The van der Waals surface area contributed by atoms with Crippen LogP contribution in [0.15, 0.2) is 74.0 Å². The Hall–Kier alpha value is -5.21. The highest BCUT2D eigenvalue weighted by Gasteiger charge is 2.34. The Kier molecular flexibility index (Phi) is 9.92. The van der Waals surface area contributed by atoms with E-state index in [1.54, 1.807) is 51.1 Å². The molecule has 1 aliphatic rings. The zero-order chi connectivity index (χ0) is 33.8. The topological polar surface area (TPSA) is 162 Å². The van der Waals surface area contributed by atoms with Crippen molar-refractivity contribution >= 4 is 46.6 Å². The summed E-state index contributed by atoms with van der Waals surface area (Å²) >= 11 is 7.04. The van der Waals surface area contributed by atoms with E-state index >= 15 is 0 Å². The molecule has 244 valence electrons. The van der Waals surface area contributed by atoms with Gasteiger partial charge < -0.3 is 23.4 Å². The van der Waals surface area contributed by atoms with Gasteiger partial charge in [0, 0.05) is 17.2 Å². The number of nitrogens with zero attached hydrogens (tertiary/aromatic N) is 3. The molecule has 1 aliphatic heterocycles. The Bertz CT molecular complexity index is 2100. The number of nitro benzene ring substituents is 1. The Balaban J connectivity index is 1.62. The van der Waals surface area contributed by atoms with E-state index in [2.05, 4.69) is 9.73 Å². The summed E-state index contributed by atoms with van der Waals surface area (Å²) < 4.78 is 28.9. The summed E-state index contributed by atoms with van der Waals surface area (Å²) in [6.45, 7) is 5.13. The molecule has 0 spiro atoms. The molecule has 0 unspecified atom stereocenters. The minimum Gasteiger partial charge on any atom is -0.490 e. The molecule has 0 N–H and O–H groups in total. The van der Waals surface area contributed by atoms with Gasteiger partial charge >= 0.3 is 11.9 Å². The smallest absolute Gasteiger partial charge is 0.343 e. The highest BCUT2D eigenvalue weighted by Crippen LogP contribution is 2.37. The van der Waals surface area contributed by atoms with Crippen LogP contribution in [0.4, 0.5) is 5.69 Å². The number of esters is 2. The number of hydrogen-bond acceptors (Lipinski definition) is 12. The minimum absolute atomic E-state index is 0.101. The van der Waals surface area contributed by atoms with Gasteiger partial charge in [-0.15, -0.1) is 0 Å². The minimum atomic E-state index is -0.954. The molecule has 47 heavy (non-hydrogen) atoms. The number of allylic oxidation sites excluding steroid dienone is 1. The van der Waals surface area contributed by atoms with Crippen LogP contribution in [0.25, 0.3) is 17.4 Å². The van der Waals surface area contributed by atoms with Crippen molar-refractivity contribution in [1.29, 1.82) is 0 Å². The van der Waals surface area contributed by atoms with Gasteiger partial charge in [-0.2, -0.15) is 0 Å². The molecule has 2 aromatic carbocycles. The van der Waals surface area contributed by atoms with Gasteiger partial charge in [0.05, 0.1) is 52.7 Å². The molecule has 15 heteroatoms. The Morgan fingerprint density at radius 3 is 2.60 bits per heavy atom. The average molecular weight is 682 g/mol. The van der Waals surface area contributed by atoms with E-state index in [1.807, 2.05) is 0 Å². The first-order valence-corrected chi connectivity index (χ1v) is 15.5. The van der Waals surface area contributed by atoms with E-state index in [1.165, 1.54) is 36.0 Å².